The van der Waals surface area contributed by atoms with E-state index >= 15 is 0 Å². The predicted octanol–water partition coefficient (Wildman–Crippen LogP) is 1.42. The van der Waals surface area contributed by atoms with E-state index in [9.17, 15) is 9.59 Å². The summed E-state index contributed by atoms with van der Waals surface area (Å²) in [6, 6.07) is 3.61. The summed E-state index contributed by atoms with van der Waals surface area (Å²) in [5.41, 5.74) is 0.000350. The summed E-state index contributed by atoms with van der Waals surface area (Å²) in [7, 11) is 1.36. The van der Waals surface area contributed by atoms with Crippen molar-refractivity contribution in [1.29, 1.82) is 0 Å². The fourth-order valence-electron chi connectivity index (χ4n) is 2.49. The molecule has 1 saturated carbocycles. The first-order valence-electron chi connectivity index (χ1n) is 7.02. The molecule has 2 heterocycles. The molecule has 7 nitrogen and oxygen atoms in total. The Hall–Kier alpha value is -2.41. The number of hydrogen-bond acceptors (Lipinski definition) is 7. The van der Waals surface area contributed by atoms with Crippen molar-refractivity contribution in [2.45, 2.75) is 19.3 Å². The predicted molar refractivity (Wildman–Crippen MR) is 74.0 cm³/mol. The van der Waals surface area contributed by atoms with Gasteiger partial charge in [0.2, 0.25) is 0 Å². The Morgan fingerprint density at radius 1 is 1.36 bits per heavy atom. The molecule has 0 saturated heterocycles. The van der Waals surface area contributed by atoms with Gasteiger partial charge in [-0.2, -0.15) is 0 Å². The van der Waals surface area contributed by atoms with Crippen LogP contribution in [0.3, 0.4) is 0 Å². The lowest BCUT2D eigenvalue weighted by molar-refractivity contribution is -0.304. The van der Waals surface area contributed by atoms with Gasteiger partial charge in [-0.1, -0.05) is 0 Å². The highest BCUT2D eigenvalue weighted by molar-refractivity contribution is 5.98. The van der Waals surface area contributed by atoms with E-state index in [0.717, 1.165) is 18.1 Å². The minimum Gasteiger partial charge on any atom is -0.492 e. The lowest BCUT2D eigenvalue weighted by Crippen LogP contribution is -2.25. The van der Waals surface area contributed by atoms with E-state index in [0.29, 0.717) is 24.4 Å². The molecule has 3 rings (SSSR count). The number of carbonyl (C=O) groups is 2. The monoisotopic (exact) mass is 304 g/mol. The van der Waals surface area contributed by atoms with Gasteiger partial charge in [-0.15, -0.1) is 0 Å². The Kier molecular flexibility index (Phi) is 3.81. The number of carbonyl (C=O) groups excluding carboxylic acids is 2. The molecule has 0 unspecified atom stereocenters. The van der Waals surface area contributed by atoms with E-state index in [4.69, 9.17) is 14.4 Å². The lowest BCUT2D eigenvalue weighted by Gasteiger charge is -2.17. The Morgan fingerprint density at radius 2 is 2.18 bits per heavy atom. The first-order valence-corrected chi connectivity index (χ1v) is 7.02. The molecule has 0 radical (unpaired) electrons. The number of rotatable bonds is 5. The van der Waals surface area contributed by atoms with Crippen LogP contribution >= 0.6 is 0 Å². The van der Waals surface area contributed by atoms with E-state index in [1.165, 1.54) is 13.1 Å². The van der Waals surface area contributed by atoms with E-state index in [1.807, 2.05) is 6.07 Å². The Labute approximate surface area is 127 Å². The summed E-state index contributed by atoms with van der Waals surface area (Å²) in [6.45, 7) is 0.432. The van der Waals surface area contributed by atoms with Crippen molar-refractivity contribution in [3.63, 3.8) is 0 Å². The highest BCUT2D eigenvalue weighted by atomic mass is 17.0. The van der Waals surface area contributed by atoms with Gasteiger partial charge in [-0.25, -0.2) is 9.59 Å². The number of pyridine rings is 1. The standard InChI is InChI=1S/C15H16N2O5/c1-17-21-13(18)9-12(14(19)22-17)15(4-5-15)6-8-20-11-3-2-7-16-10-11/h2-3,7,9-10H,4-6,8H2,1H3. The normalized spacial score (nSPS) is 20.5. The van der Waals surface area contributed by atoms with Crippen LogP contribution in [0.5, 0.6) is 5.75 Å². The summed E-state index contributed by atoms with van der Waals surface area (Å²) in [5, 5.41) is 0.774. The van der Waals surface area contributed by atoms with Crippen LogP contribution in [0, 0.1) is 5.41 Å². The molecule has 1 aliphatic carbocycles. The minimum absolute atomic E-state index is 0.358. The molecule has 0 spiro atoms. The highest BCUT2D eigenvalue weighted by Gasteiger charge is 2.50. The van der Waals surface area contributed by atoms with Crippen LogP contribution in [0.2, 0.25) is 0 Å². The highest BCUT2D eigenvalue weighted by Crippen LogP contribution is 2.55. The van der Waals surface area contributed by atoms with Crippen molar-refractivity contribution in [2.24, 2.45) is 5.41 Å². The fourth-order valence-corrected chi connectivity index (χ4v) is 2.49. The Morgan fingerprint density at radius 3 is 2.86 bits per heavy atom. The lowest BCUT2D eigenvalue weighted by atomic mass is 9.92. The number of hydrogen-bond donors (Lipinski definition) is 0. The molecule has 1 fully saturated rings. The van der Waals surface area contributed by atoms with Crippen LogP contribution in [0.25, 0.3) is 0 Å². The zero-order valence-corrected chi connectivity index (χ0v) is 12.2. The Bertz CT molecular complexity index is 610. The van der Waals surface area contributed by atoms with Gasteiger partial charge in [-0.3, -0.25) is 4.98 Å². The number of nitrogens with zero attached hydrogens (tertiary/aromatic N) is 2. The maximum absolute atomic E-state index is 12.1. The molecule has 22 heavy (non-hydrogen) atoms. The summed E-state index contributed by atoms with van der Waals surface area (Å²) in [4.78, 5) is 37.3. The third kappa shape index (κ3) is 3.09. The average Bonchev–Trinajstić information content (AvgIpc) is 3.27. The molecule has 1 aliphatic heterocycles. The maximum atomic E-state index is 12.1. The van der Waals surface area contributed by atoms with Gasteiger partial charge in [-0.05, 0) is 31.4 Å². The largest absolute Gasteiger partial charge is 0.492 e. The van der Waals surface area contributed by atoms with Gasteiger partial charge in [0, 0.05) is 22.9 Å². The second-order valence-corrected chi connectivity index (χ2v) is 5.35. The summed E-state index contributed by atoms with van der Waals surface area (Å²) in [6.07, 6.45) is 6.79. The average molecular weight is 304 g/mol. The van der Waals surface area contributed by atoms with Crippen molar-refractivity contribution in [3.05, 3.63) is 36.2 Å². The molecule has 1 aromatic rings. The van der Waals surface area contributed by atoms with Gasteiger partial charge in [0.1, 0.15) is 5.75 Å². The minimum atomic E-state index is -0.609. The van der Waals surface area contributed by atoms with Crippen molar-refractivity contribution in [2.75, 3.05) is 13.7 Å². The van der Waals surface area contributed by atoms with Crippen LogP contribution in [-0.2, 0) is 19.3 Å². The van der Waals surface area contributed by atoms with Crippen molar-refractivity contribution >= 4 is 11.9 Å². The van der Waals surface area contributed by atoms with E-state index < -0.39 is 11.9 Å². The van der Waals surface area contributed by atoms with Crippen LogP contribution in [0.15, 0.2) is 36.2 Å². The number of ether oxygens (including phenoxy) is 1. The summed E-state index contributed by atoms with van der Waals surface area (Å²) < 4.78 is 5.62. The molecule has 1 aromatic heterocycles. The van der Waals surface area contributed by atoms with Crippen molar-refractivity contribution in [1.82, 2.24) is 10.2 Å². The van der Waals surface area contributed by atoms with Gasteiger partial charge in [0.15, 0.2) is 0 Å². The molecule has 2 aliphatic rings. The molecular formula is C15H16N2O5. The van der Waals surface area contributed by atoms with E-state index in [2.05, 4.69) is 4.98 Å². The molecule has 0 bridgehead atoms. The van der Waals surface area contributed by atoms with Gasteiger partial charge in [0.25, 0.3) is 0 Å². The second kappa shape index (κ2) is 5.76. The molecule has 0 aromatic carbocycles. The SMILES string of the molecule is CN1OC(=O)C=C(C2(CCOc3cccnc3)CC2)C(=O)O1. The van der Waals surface area contributed by atoms with E-state index in [-0.39, 0.29) is 5.41 Å². The third-order valence-electron chi connectivity index (χ3n) is 3.82. The van der Waals surface area contributed by atoms with Crippen molar-refractivity contribution < 1.29 is 24.0 Å². The molecule has 0 atom stereocenters. The second-order valence-electron chi connectivity index (χ2n) is 5.35. The van der Waals surface area contributed by atoms with Gasteiger partial charge >= 0.3 is 11.9 Å². The first-order chi connectivity index (χ1) is 10.6. The third-order valence-corrected chi connectivity index (χ3v) is 3.82. The molecule has 0 amide bonds. The summed E-state index contributed by atoms with van der Waals surface area (Å²) >= 11 is 0. The smallest absolute Gasteiger partial charge is 0.357 e. The topological polar surface area (TPSA) is 78.0 Å². The molecular weight excluding hydrogens is 288 g/mol. The quantitative estimate of drug-likeness (QED) is 0.814. The Balaban J connectivity index is 1.65. The zero-order valence-electron chi connectivity index (χ0n) is 12.2. The molecule has 116 valence electrons. The van der Waals surface area contributed by atoms with Crippen LogP contribution in [0.4, 0.5) is 0 Å². The van der Waals surface area contributed by atoms with E-state index in [1.54, 1.807) is 18.5 Å². The summed E-state index contributed by atoms with van der Waals surface area (Å²) in [5.74, 6) is -0.482. The van der Waals surface area contributed by atoms with Crippen LogP contribution < -0.4 is 4.74 Å². The van der Waals surface area contributed by atoms with Crippen LogP contribution in [0.1, 0.15) is 19.3 Å². The van der Waals surface area contributed by atoms with Crippen molar-refractivity contribution in [3.8, 4) is 5.75 Å². The van der Waals surface area contributed by atoms with Gasteiger partial charge in [0.05, 0.1) is 25.4 Å². The fraction of sp³-hybridized carbons (Fsp3) is 0.400. The number of aromatic nitrogens is 1. The van der Waals surface area contributed by atoms with Gasteiger partial charge < -0.3 is 14.4 Å². The molecule has 0 N–H and O–H groups in total. The molecule has 7 heteroatoms. The van der Waals surface area contributed by atoms with Crippen LogP contribution in [-0.4, -0.2) is 35.8 Å². The zero-order chi connectivity index (χ0) is 15.6. The maximum Gasteiger partial charge on any atom is 0.357 e. The number of hydroxylamine groups is 2. The first kappa shape index (κ1) is 14.5.